The van der Waals surface area contributed by atoms with Crippen molar-refractivity contribution in [3.05, 3.63) is 0 Å². The van der Waals surface area contributed by atoms with Crippen molar-refractivity contribution in [3.63, 3.8) is 0 Å². The molecule has 4 heteroatoms. The van der Waals surface area contributed by atoms with Crippen molar-refractivity contribution in [1.82, 2.24) is 0 Å². The molecule has 12 heavy (non-hydrogen) atoms. The van der Waals surface area contributed by atoms with Crippen molar-refractivity contribution >= 4 is 9.84 Å². The van der Waals surface area contributed by atoms with Crippen LogP contribution in [0.1, 0.15) is 19.8 Å². The number of hydrogen-bond donors (Lipinski definition) is 1. The van der Waals surface area contributed by atoms with E-state index in [2.05, 4.69) is 0 Å². The highest BCUT2D eigenvalue weighted by Gasteiger charge is 2.57. The van der Waals surface area contributed by atoms with Gasteiger partial charge in [-0.3, -0.25) is 0 Å². The van der Waals surface area contributed by atoms with Crippen molar-refractivity contribution in [2.24, 2.45) is 11.8 Å². The molecule has 1 heterocycles. The molecule has 0 aromatic rings. The van der Waals surface area contributed by atoms with E-state index in [0.29, 0.717) is 12.3 Å². The molecule has 0 aromatic carbocycles. The standard InChI is InChI=1S/C8H14O3S/c1-6-4-8(6,9)7-2-3-12(10,11)5-7/h6-7,9H,2-5H2,1H3. The van der Waals surface area contributed by atoms with Gasteiger partial charge in [-0.25, -0.2) is 8.42 Å². The van der Waals surface area contributed by atoms with Gasteiger partial charge in [0.15, 0.2) is 9.84 Å². The third-order valence-electron chi connectivity index (χ3n) is 3.27. The molecule has 0 bridgehead atoms. The maximum atomic E-state index is 11.1. The minimum atomic E-state index is -2.82. The lowest BCUT2D eigenvalue weighted by atomic mass is 9.98. The monoisotopic (exact) mass is 190 g/mol. The molecule has 1 N–H and O–H groups in total. The van der Waals surface area contributed by atoms with Crippen LogP contribution in [0.4, 0.5) is 0 Å². The summed E-state index contributed by atoms with van der Waals surface area (Å²) in [6.45, 7) is 1.98. The molecule has 0 amide bonds. The lowest BCUT2D eigenvalue weighted by molar-refractivity contribution is 0.0793. The molecule has 0 spiro atoms. The summed E-state index contributed by atoms with van der Waals surface area (Å²) in [7, 11) is -2.82. The number of sulfone groups is 1. The molecule has 2 rings (SSSR count). The SMILES string of the molecule is CC1CC1(O)C1CCS(=O)(=O)C1. The molecule has 3 nitrogen and oxygen atoms in total. The van der Waals surface area contributed by atoms with Gasteiger partial charge in [0, 0.05) is 5.92 Å². The molecule has 2 fully saturated rings. The maximum Gasteiger partial charge on any atom is 0.150 e. The average Bonchev–Trinajstić information content (AvgIpc) is 2.41. The molecule has 70 valence electrons. The molecule has 0 radical (unpaired) electrons. The van der Waals surface area contributed by atoms with Crippen LogP contribution >= 0.6 is 0 Å². The van der Waals surface area contributed by atoms with Gasteiger partial charge in [0.1, 0.15) is 0 Å². The maximum absolute atomic E-state index is 11.1. The Balaban J connectivity index is 2.11. The Labute approximate surface area is 72.7 Å². The zero-order chi connectivity index (χ0) is 8.98. The molecular weight excluding hydrogens is 176 g/mol. The van der Waals surface area contributed by atoms with E-state index in [9.17, 15) is 13.5 Å². The predicted octanol–water partition coefficient (Wildman–Crippen LogP) is 0.192. The summed E-state index contributed by atoms with van der Waals surface area (Å²) in [5.74, 6) is 0.786. The Kier molecular flexibility index (Phi) is 1.58. The topological polar surface area (TPSA) is 54.4 Å². The van der Waals surface area contributed by atoms with Crippen LogP contribution in [0.2, 0.25) is 0 Å². The zero-order valence-electron chi connectivity index (χ0n) is 7.16. The fourth-order valence-corrected chi connectivity index (χ4v) is 4.07. The molecule has 2 aliphatic rings. The molecule has 3 atom stereocenters. The normalized spacial score (nSPS) is 50.8. The van der Waals surface area contributed by atoms with E-state index in [-0.39, 0.29) is 17.4 Å². The molecule has 3 unspecified atom stereocenters. The van der Waals surface area contributed by atoms with Crippen molar-refractivity contribution in [3.8, 4) is 0 Å². The third kappa shape index (κ3) is 1.17. The van der Waals surface area contributed by atoms with Crippen LogP contribution in [0.3, 0.4) is 0 Å². The van der Waals surface area contributed by atoms with Crippen LogP contribution in [0, 0.1) is 11.8 Å². The highest BCUT2D eigenvalue weighted by atomic mass is 32.2. The van der Waals surface area contributed by atoms with E-state index in [4.69, 9.17) is 0 Å². The van der Waals surface area contributed by atoms with Gasteiger partial charge in [-0.1, -0.05) is 6.92 Å². The molecule has 0 aromatic heterocycles. The van der Waals surface area contributed by atoms with Crippen molar-refractivity contribution in [2.45, 2.75) is 25.4 Å². The van der Waals surface area contributed by atoms with E-state index in [1.54, 1.807) is 0 Å². The lowest BCUT2D eigenvalue weighted by Gasteiger charge is -2.15. The van der Waals surface area contributed by atoms with E-state index in [0.717, 1.165) is 6.42 Å². The second-order valence-electron chi connectivity index (χ2n) is 4.20. The van der Waals surface area contributed by atoms with Crippen LogP contribution in [0.5, 0.6) is 0 Å². The Hall–Kier alpha value is -0.0900. The van der Waals surface area contributed by atoms with E-state index < -0.39 is 15.4 Å². The second kappa shape index (κ2) is 2.23. The minimum Gasteiger partial charge on any atom is -0.389 e. The Morgan fingerprint density at radius 1 is 1.50 bits per heavy atom. The van der Waals surface area contributed by atoms with Gasteiger partial charge in [0.2, 0.25) is 0 Å². The van der Waals surface area contributed by atoms with Gasteiger partial charge in [0.25, 0.3) is 0 Å². The highest BCUT2D eigenvalue weighted by Crippen LogP contribution is 2.51. The first-order chi connectivity index (χ1) is 5.44. The Morgan fingerprint density at radius 2 is 2.08 bits per heavy atom. The van der Waals surface area contributed by atoms with Crippen molar-refractivity contribution in [1.29, 1.82) is 0 Å². The fourth-order valence-electron chi connectivity index (χ4n) is 2.19. The van der Waals surface area contributed by atoms with Crippen LogP contribution < -0.4 is 0 Å². The van der Waals surface area contributed by atoms with Crippen LogP contribution in [0.15, 0.2) is 0 Å². The van der Waals surface area contributed by atoms with E-state index in [1.165, 1.54) is 0 Å². The van der Waals surface area contributed by atoms with Crippen LogP contribution in [0.25, 0.3) is 0 Å². The van der Waals surface area contributed by atoms with E-state index >= 15 is 0 Å². The summed E-state index contributed by atoms with van der Waals surface area (Å²) in [5, 5.41) is 9.86. The summed E-state index contributed by atoms with van der Waals surface area (Å²) in [5.41, 5.74) is -0.635. The number of aliphatic hydroxyl groups is 1. The predicted molar refractivity (Wildman–Crippen MR) is 45.5 cm³/mol. The summed E-state index contributed by atoms with van der Waals surface area (Å²) in [6.07, 6.45) is 1.44. The van der Waals surface area contributed by atoms with Crippen LogP contribution in [-0.2, 0) is 9.84 Å². The third-order valence-corrected chi connectivity index (χ3v) is 5.03. The zero-order valence-corrected chi connectivity index (χ0v) is 7.97. The van der Waals surface area contributed by atoms with E-state index in [1.807, 2.05) is 6.92 Å². The van der Waals surface area contributed by atoms with Gasteiger partial charge in [-0.2, -0.15) is 0 Å². The summed E-state index contributed by atoms with van der Waals surface area (Å²) >= 11 is 0. The number of hydrogen-bond acceptors (Lipinski definition) is 3. The quantitative estimate of drug-likeness (QED) is 0.642. The van der Waals surface area contributed by atoms with Gasteiger partial charge in [-0.15, -0.1) is 0 Å². The van der Waals surface area contributed by atoms with Gasteiger partial charge in [0.05, 0.1) is 17.1 Å². The van der Waals surface area contributed by atoms with Gasteiger partial charge >= 0.3 is 0 Å². The largest absolute Gasteiger partial charge is 0.389 e. The van der Waals surface area contributed by atoms with Gasteiger partial charge in [-0.05, 0) is 18.8 Å². The minimum absolute atomic E-state index is 0.0116. The first kappa shape index (κ1) is 8.51. The Morgan fingerprint density at radius 3 is 2.42 bits per heavy atom. The molecule has 1 saturated heterocycles. The second-order valence-corrected chi connectivity index (χ2v) is 6.43. The molecule has 1 saturated carbocycles. The smallest absolute Gasteiger partial charge is 0.150 e. The lowest BCUT2D eigenvalue weighted by Crippen LogP contribution is -2.25. The number of rotatable bonds is 1. The fraction of sp³-hybridized carbons (Fsp3) is 1.00. The first-order valence-corrected chi connectivity index (χ1v) is 6.19. The first-order valence-electron chi connectivity index (χ1n) is 4.37. The van der Waals surface area contributed by atoms with Gasteiger partial charge < -0.3 is 5.11 Å². The summed E-state index contributed by atoms with van der Waals surface area (Å²) in [4.78, 5) is 0. The highest BCUT2D eigenvalue weighted by molar-refractivity contribution is 7.91. The van der Waals surface area contributed by atoms with Crippen molar-refractivity contribution in [2.75, 3.05) is 11.5 Å². The molecule has 1 aliphatic carbocycles. The van der Waals surface area contributed by atoms with Crippen molar-refractivity contribution < 1.29 is 13.5 Å². The summed E-state index contributed by atoms with van der Waals surface area (Å²) < 4.78 is 22.2. The van der Waals surface area contributed by atoms with Crippen LogP contribution in [-0.4, -0.2) is 30.6 Å². The molecule has 1 aliphatic heterocycles. The Bertz CT molecular complexity index is 295. The average molecular weight is 190 g/mol. The summed E-state index contributed by atoms with van der Waals surface area (Å²) in [6, 6.07) is 0. The molecular formula is C8H14O3S.